The third-order valence-electron chi connectivity index (χ3n) is 4.01. The molecule has 2 heterocycles. The molecule has 2 rings (SSSR count). The molecule has 1 aliphatic rings. The smallest absolute Gasteiger partial charge is 0.128 e. The standard InChI is InChI=1S/C17H25N3O/c1-4-14-7-8-17(19-9-14)20(6-3)11-15(5-2)10-18-16-12-21-13-16/h1,7-9,15-16,18H,5-6,10-13H2,2-3H3. The van der Waals surface area contributed by atoms with Gasteiger partial charge in [-0.1, -0.05) is 19.3 Å². The summed E-state index contributed by atoms with van der Waals surface area (Å²) in [5.74, 6) is 4.22. The maximum atomic E-state index is 5.38. The lowest BCUT2D eigenvalue weighted by Crippen LogP contribution is -2.48. The number of terminal acetylenes is 1. The zero-order chi connectivity index (χ0) is 15.1. The molecule has 21 heavy (non-hydrogen) atoms. The first kappa shape index (κ1) is 15.8. The summed E-state index contributed by atoms with van der Waals surface area (Å²) >= 11 is 0. The number of pyridine rings is 1. The van der Waals surface area contributed by atoms with Crippen molar-refractivity contribution in [1.82, 2.24) is 10.3 Å². The number of nitrogens with one attached hydrogen (secondary N) is 1. The summed E-state index contributed by atoms with van der Waals surface area (Å²) in [7, 11) is 0. The number of nitrogens with zero attached hydrogens (tertiary/aromatic N) is 2. The van der Waals surface area contributed by atoms with Crippen LogP contribution in [0.3, 0.4) is 0 Å². The molecule has 1 aromatic rings. The van der Waals surface area contributed by atoms with E-state index in [1.165, 1.54) is 0 Å². The Hall–Kier alpha value is -1.57. The second kappa shape index (κ2) is 8.02. The molecule has 0 aliphatic carbocycles. The third kappa shape index (κ3) is 4.45. The van der Waals surface area contributed by atoms with Crippen molar-refractivity contribution < 1.29 is 4.74 Å². The van der Waals surface area contributed by atoms with E-state index in [2.05, 4.69) is 35.0 Å². The van der Waals surface area contributed by atoms with E-state index in [1.54, 1.807) is 6.20 Å². The topological polar surface area (TPSA) is 37.4 Å². The van der Waals surface area contributed by atoms with Crippen molar-refractivity contribution in [2.75, 3.05) is 37.7 Å². The van der Waals surface area contributed by atoms with Crippen LogP contribution >= 0.6 is 0 Å². The molecule has 4 heteroatoms. The van der Waals surface area contributed by atoms with E-state index in [1.807, 2.05) is 12.1 Å². The van der Waals surface area contributed by atoms with Crippen molar-refractivity contribution in [3.8, 4) is 12.3 Å². The molecule has 0 radical (unpaired) electrons. The maximum absolute atomic E-state index is 5.38. The molecule has 1 unspecified atom stereocenters. The lowest BCUT2D eigenvalue weighted by atomic mass is 10.0. The van der Waals surface area contributed by atoms with Crippen LogP contribution in [-0.2, 0) is 4.74 Å². The minimum absolute atomic E-state index is 0.544. The number of anilines is 1. The van der Waals surface area contributed by atoms with Gasteiger partial charge in [0.2, 0.25) is 0 Å². The normalized spacial score (nSPS) is 16.0. The highest BCUT2D eigenvalue weighted by Crippen LogP contribution is 2.15. The van der Waals surface area contributed by atoms with Gasteiger partial charge in [-0.2, -0.15) is 0 Å². The van der Waals surface area contributed by atoms with Crippen molar-refractivity contribution in [3.63, 3.8) is 0 Å². The summed E-state index contributed by atoms with van der Waals surface area (Å²) in [6, 6.07) is 4.51. The Kier molecular flexibility index (Phi) is 6.04. The van der Waals surface area contributed by atoms with Gasteiger partial charge in [-0.25, -0.2) is 4.98 Å². The minimum Gasteiger partial charge on any atom is -0.378 e. The SMILES string of the molecule is C#Cc1ccc(N(CC)CC(CC)CNC2COC2)nc1. The molecule has 114 valence electrons. The fourth-order valence-electron chi connectivity index (χ4n) is 2.38. The molecule has 0 saturated carbocycles. The molecular weight excluding hydrogens is 262 g/mol. The van der Waals surface area contributed by atoms with Gasteiger partial charge in [-0.05, 0) is 25.0 Å². The van der Waals surface area contributed by atoms with Gasteiger partial charge in [0.15, 0.2) is 0 Å². The van der Waals surface area contributed by atoms with Gasteiger partial charge in [0, 0.05) is 31.4 Å². The van der Waals surface area contributed by atoms with Crippen molar-refractivity contribution in [2.45, 2.75) is 26.3 Å². The molecule has 1 fully saturated rings. The van der Waals surface area contributed by atoms with E-state index in [-0.39, 0.29) is 0 Å². The fourth-order valence-corrected chi connectivity index (χ4v) is 2.38. The molecule has 1 aromatic heterocycles. The number of hydrogen-bond donors (Lipinski definition) is 1. The Morgan fingerprint density at radius 3 is 2.76 bits per heavy atom. The van der Waals surface area contributed by atoms with Gasteiger partial charge in [0.05, 0.1) is 19.3 Å². The molecule has 0 amide bonds. The van der Waals surface area contributed by atoms with Gasteiger partial charge in [-0.3, -0.25) is 0 Å². The third-order valence-corrected chi connectivity index (χ3v) is 4.01. The second-order valence-electron chi connectivity index (χ2n) is 5.50. The van der Waals surface area contributed by atoms with E-state index in [0.29, 0.717) is 12.0 Å². The average Bonchev–Trinajstić information content (AvgIpc) is 2.49. The Bertz CT molecular complexity index is 462. The van der Waals surface area contributed by atoms with E-state index in [9.17, 15) is 0 Å². The van der Waals surface area contributed by atoms with Crippen molar-refractivity contribution in [2.24, 2.45) is 5.92 Å². The van der Waals surface area contributed by atoms with Crippen LogP contribution in [0.15, 0.2) is 18.3 Å². The first-order valence-electron chi connectivity index (χ1n) is 7.75. The lowest BCUT2D eigenvalue weighted by molar-refractivity contribution is -0.00641. The summed E-state index contributed by atoms with van der Waals surface area (Å²) in [6.07, 6.45) is 8.29. The monoisotopic (exact) mass is 287 g/mol. The summed E-state index contributed by atoms with van der Waals surface area (Å²) in [5.41, 5.74) is 0.827. The van der Waals surface area contributed by atoms with Crippen LogP contribution in [0.25, 0.3) is 0 Å². The van der Waals surface area contributed by atoms with Gasteiger partial charge >= 0.3 is 0 Å². The number of hydrogen-bond acceptors (Lipinski definition) is 4. The number of aromatic nitrogens is 1. The van der Waals surface area contributed by atoms with Gasteiger partial charge in [0.25, 0.3) is 0 Å². The molecule has 1 saturated heterocycles. The van der Waals surface area contributed by atoms with E-state index < -0.39 is 0 Å². The van der Waals surface area contributed by atoms with Crippen LogP contribution in [0.4, 0.5) is 5.82 Å². The summed E-state index contributed by atoms with van der Waals surface area (Å²) in [6.45, 7) is 9.10. The number of rotatable bonds is 8. The van der Waals surface area contributed by atoms with Crippen molar-refractivity contribution in [1.29, 1.82) is 0 Å². The molecule has 0 spiro atoms. The fraction of sp³-hybridized carbons (Fsp3) is 0.588. The van der Waals surface area contributed by atoms with E-state index >= 15 is 0 Å². The highest BCUT2D eigenvalue weighted by Gasteiger charge is 2.20. The molecule has 1 atom stereocenters. The first-order valence-corrected chi connectivity index (χ1v) is 7.75. The molecule has 0 bridgehead atoms. The molecule has 1 N–H and O–H groups in total. The maximum Gasteiger partial charge on any atom is 0.128 e. The van der Waals surface area contributed by atoms with Gasteiger partial charge < -0.3 is 15.0 Å². The Morgan fingerprint density at radius 2 is 2.29 bits per heavy atom. The Balaban J connectivity index is 1.90. The molecule has 4 nitrogen and oxygen atoms in total. The van der Waals surface area contributed by atoms with Crippen LogP contribution in [0.5, 0.6) is 0 Å². The first-order chi connectivity index (χ1) is 10.3. The van der Waals surface area contributed by atoms with E-state index in [0.717, 1.165) is 50.7 Å². The predicted octanol–water partition coefficient (Wildman–Crippen LogP) is 1.90. The Morgan fingerprint density at radius 1 is 1.48 bits per heavy atom. The molecule has 0 aromatic carbocycles. The predicted molar refractivity (Wildman–Crippen MR) is 86.4 cm³/mol. The minimum atomic E-state index is 0.544. The van der Waals surface area contributed by atoms with Crippen LogP contribution < -0.4 is 10.2 Å². The molecular formula is C17H25N3O. The van der Waals surface area contributed by atoms with Crippen LogP contribution in [0.2, 0.25) is 0 Å². The van der Waals surface area contributed by atoms with Crippen molar-refractivity contribution >= 4 is 5.82 Å². The zero-order valence-corrected chi connectivity index (χ0v) is 13.0. The summed E-state index contributed by atoms with van der Waals surface area (Å²) < 4.78 is 5.20. The second-order valence-corrected chi connectivity index (χ2v) is 5.50. The summed E-state index contributed by atoms with van der Waals surface area (Å²) in [5, 5.41) is 3.57. The summed E-state index contributed by atoms with van der Waals surface area (Å²) in [4.78, 5) is 6.79. The van der Waals surface area contributed by atoms with Gasteiger partial charge in [-0.15, -0.1) is 6.42 Å². The van der Waals surface area contributed by atoms with Crippen LogP contribution in [0.1, 0.15) is 25.8 Å². The largest absolute Gasteiger partial charge is 0.378 e. The quantitative estimate of drug-likeness (QED) is 0.741. The molecule has 1 aliphatic heterocycles. The average molecular weight is 287 g/mol. The Labute approximate surface area is 127 Å². The van der Waals surface area contributed by atoms with Crippen molar-refractivity contribution in [3.05, 3.63) is 23.9 Å². The zero-order valence-electron chi connectivity index (χ0n) is 13.0. The van der Waals surface area contributed by atoms with E-state index in [4.69, 9.17) is 11.2 Å². The highest BCUT2D eigenvalue weighted by atomic mass is 16.5. The highest BCUT2D eigenvalue weighted by molar-refractivity contribution is 5.42. The van der Waals surface area contributed by atoms with Crippen LogP contribution in [-0.4, -0.2) is 43.9 Å². The lowest BCUT2D eigenvalue weighted by Gasteiger charge is -2.31. The van der Waals surface area contributed by atoms with Gasteiger partial charge in [0.1, 0.15) is 5.82 Å². The number of ether oxygens (including phenoxy) is 1. The van der Waals surface area contributed by atoms with Crippen LogP contribution in [0, 0.1) is 18.3 Å².